The zero-order valence-electron chi connectivity index (χ0n) is 18.6. The van der Waals surface area contributed by atoms with E-state index < -0.39 is 5.97 Å². The summed E-state index contributed by atoms with van der Waals surface area (Å²) in [7, 11) is 0. The fraction of sp³-hybridized carbons (Fsp3) is 0.179. The summed E-state index contributed by atoms with van der Waals surface area (Å²) in [5.41, 5.74) is 5.29. The molecular formula is C28H25ClN2O3. The molecule has 0 fully saturated rings. The molecule has 6 heteroatoms. The van der Waals surface area contributed by atoms with Crippen molar-refractivity contribution >= 4 is 34.4 Å². The number of benzene rings is 3. The number of amides is 1. The number of halogens is 1. The van der Waals surface area contributed by atoms with Crippen LogP contribution in [0.1, 0.15) is 40.7 Å². The lowest BCUT2D eigenvalue weighted by molar-refractivity contribution is -0.137. The highest BCUT2D eigenvalue weighted by Crippen LogP contribution is 2.28. The first-order valence-corrected chi connectivity index (χ1v) is 11.6. The van der Waals surface area contributed by atoms with E-state index in [0.717, 1.165) is 39.7 Å². The van der Waals surface area contributed by atoms with Gasteiger partial charge in [-0.3, -0.25) is 9.59 Å². The van der Waals surface area contributed by atoms with Gasteiger partial charge in [0.2, 0.25) is 0 Å². The zero-order valence-corrected chi connectivity index (χ0v) is 19.4. The highest BCUT2D eigenvalue weighted by atomic mass is 35.5. The lowest BCUT2D eigenvalue weighted by Gasteiger charge is -2.12. The molecule has 0 bridgehead atoms. The minimum absolute atomic E-state index is 0.152. The van der Waals surface area contributed by atoms with Gasteiger partial charge in [0.1, 0.15) is 0 Å². The highest BCUT2D eigenvalue weighted by molar-refractivity contribution is 6.30. The second-order valence-electron chi connectivity index (χ2n) is 8.18. The molecule has 4 aromatic rings. The second kappa shape index (κ2) is 10.9. The molecule has 0 aliphatic carbocycles. The number of fused-ring (bicyclic) bond motifs is 1. The van der Waals surface area contributed by atoms with Crippen LogP contribution < -0.4 is 5.32 Å². The molecule has 4 rings (SSSR count). The summed E-state index contributed by atoms with van der Waals surface area (Å²) in [6, 6.07) is 24.9. The Morgan fingerprint density at radius 2 is 1.68 bits per heavy atom. The molecule has 0 aliphatic rings. The molecule has 0 radical (unpaired) electrons. The normalized spacial score (nSPS) is 10.9. The number of carbonyl (C=O) groups is 2. The maximum Gasteiger partial charge on any atom is 0.303 e. The molecule has 0 unspecified atom stereocenters. The Bertz CT molecular complexity index is 1300. The Balaban J connectivity index is 1.58. The number of nitrogens with zero attached hydrogens (tertiary/aromatic N) is 1. The summed E-state index contributed by atoms with van der Waals surface area (Å²) in [6.07, 6.45) is 2.22. The Morgan fingerprint density at radius 3 is 2.41 bits per heavy atom. The number of nitrogens with one attached hydrogen (secondary N) is 1. The molecule has 1 heterocycles. The van der Waals surface area contributed by atoms with Crippen LogP contribution in [0.2, 0.25) is 5.02 Å². The molecular weight excluding hydrogens is 448 g/mol. The third kappa shape index (κ3) is 6.00. The largest absolute Gasteiger partial charge is 0.481 e. The van der Waals surface area contributed by atoms with Crippen molar-refractivity contribution in [2.24, 2.45) is 0 Å². The molecule has 1 amide bonds. The first-order valence-electron chi connectivity index (χ1n) is 11.2. The number of carboxylic acid groups (broad SMARTS) is 1. The van der Waals surface area contributed by atoms with Crippen molar-refractivity contribution in [2.45, 2.75) is 32.2 Å². The van der Waals surface area contributed by atoms with Crippen molar-refractivity contribution in [1.29, 1.82) is 0 Å². The van der Waals surface area contributed by atoms with Crippen LogP contribution >= 0.6 is 11.6 Å². The van der Waals surface area contributed by atoms with Gasteiger partial charge in [-0.25, -0.2) is 4.98 Å². The lowest BCUT2D eigenvalue weighted by Crippen LogP contribution is -2.22. The Hall–Kier alpha value is -3.70. The fourth-order valence-electron chi connectivity index (χ4n) is 3.88. The van der Waals surface area contributed by atoms with Gasteiger partial charge in [0.25, 0.3) is 5.91 Å². The van der Waals surface area contributed by atoms with Gasteiger partial charge in [-0.1, -0.05) is 54.1 Å². The van der Waals surface area contributed by atoms with E-state index in [0.29, 0.717) is 30.0 Å². The van der Waals surface area contributed by atoms with E-state index in [1.165, 1.54) is 0 Å². The average Bonchev–Trinajstić information content (AvgIpc) is 2.85. The SMILES string of the molecule is O=C(O)CCCCc1cc2cc(C(=O)NCc3ccc(Cl)cc3)ccc2nc1-c1ccccc1. The van der Waals surface area contributed by atoms with Gasteiger partial charge in [-0.05, 0) is 66.8 Å². The topological polar surface area (TPSA) is 79.3 Å². The molecule has 0 atom stereocenters. The van der Waals surface area contributed by atoms with Crippen LogP contribution in [0.5, 0.6) is 0 Å². The van der Waals surface area contributed by atoms with Gasteiger partial charge < -0.3 is 10.4 Å². The van der Waals surface area contributed by atoms with Gasteiger partial charge in [0.15, 0.2) is 0 Å². The molecule has 3 aromatic carbocycles. The first kappa shape index (κ1) is 23.5. The van der Waals surface area contributed by atoms with Crippen LogP contribution in [0.15, 0.2) is 78.9 Å². The first-order chi connectivity index (χ1) is 16.5. The van der Waals surface area contributed by atoms with Crippen molar-refractivity contribution < 1.29 is 14.7 Å². The van der Waals surface area contributed by atoms with Crippen LogP contribution in [0, 0.1) is 0 Å². The zero-order chi connectivity index (χ0) is 23.9. The van der Waals surface area contributed by atoms with Crippen molar-refractivity contribution in [1.82, 2.24) is 10.3 Å². The number of carboxylic acids is 1. The van der Waals surface area contributed by atoms with Crippen LogP contribution in [-0.2, 0) is 17.8 Å². The summed E-state index contributed by atoms with van der Waals surface area (Å²) in [4.78, 5) is 28.5. The summed E-state index contributed by atoms with van der Waals surface area (Å²) >= 11 is 5.92. The minimum Gasteiger partial charge on any atom is -0.481 e. The third-order valence-electron chi connectivity index (χ3n) is 5.66. The molecule has 0 aliphatic heterocycles. The van der Waals surface area contributed by atoms with Gasteiger partial charge >= 0.3 is 5.97 Å². The van der Waals surface area contributed by atoms with Crippen molar-refractivity contribution in [3.63, 3.8) is 0 Å². The number of aryl methyl sites for hydroxylation is 1. The fourth-order valence-corrected chi connectivity index (χ4v) is 4.00. The van der Waals surface area contributed by atoms with E-state index in [-0.39, 0.29) is 12.3 Å². The van der Waals surface area contributed by atoms with E-state index in [9.17, 15) is 9.59 Å². The van der Waals surface area contributed by atoms with Crippen molar-refractivity contribution in [2.75, 3.05) is 0 Å². The summed E-state index contributed by atoms with van der Waals surface area (Å²) < 4.78 is 0. The predicted molar refractivity (Wildman–Crippen MR) is 135 cm³/mol. The number of aromatic nitrogens is 1. The molecule has 0 saturated carbocycles. The van der Waals surface area contributed by atoms with E-state index >= 15 is 0 Å². The molecule has 34 heavy (non-hydrogen) atoms. The number of hydrogen-bond acceptors (Lipinski definition) is 3. The van der Waals surface area contributed by atoms with E-state index in [1.807, 2.05) is 54.6 Å². The van der Waals surface area contributed by atoms with Crippen LogP contribution in [0.4, 0.5) is 0 Å². The lowest BCUT2D eigenvalue weighted by atomic mass is 9.98. The number of pyridine rings is 1. The maximum absolute atomic E-state index is 12.8. The number of unbranched alkanes of at least 4 members (excludes halogenated alkanes) is 1. The number of carbonyl (C=O) groups excluding carboxylic acids is 1. The summed E-state index contributed by atoms with van der Waals surface area (Å²) in [6.45, 7) is 0.411. The van der Waals surface area contributed by atoms with Crippen molar-refractivity contribution in [3.05, 3.63) is 101 Å². The quantitative estimate of drug-likeness (QED) is 0.281. The van der Waals surface area contributed by atoms with Crippen molar-refractivity contribution in [3.8, 4) is 11.3 Å². The van der Waals surface area contributed by atoms with E-state index in [4.69, 9.17) is 21.7 Å². The second-order valence-corrected chi connectivity index (χ2v) is 8.62. The molecule has 1 aromatic heterocycles. The molecule has 0 spiro atoms. The molecule has 2 N–H and O–H groups in total. The van der Waals surface area contributed by atoms with Gasteiger partial charge in [-0.2, -0.15) is 0 Å². The number of hydrogen-bond donors (Lipinski definition) is 2. The smallest absolute Gasteiger partial charge is 0.303 e. The van der Waals surface area contributed by atoms with Crippen LogP contribution in [0.3, 0.4) is 0 Å². The number of rotatable bonds is 9. The molecule has 172 valence electrons. The van der Waals surface area contributed by atoms with E-state index in [2.05, 4.69) is 11.4 Å². The van der Waals surface area contributed by atoms with E-state index in [1.54, 1.807) is 18.2 Å². The Labute approximate surface area is 203 Å². The van der Waals surface area contributed by atoms with Gasteiger partial charge in [0.05, 0.1) is 11.2 Å². The number of aliphatic carboxylic acids is 1. The monoisotopic (exact) mass is 472 g/mol. The summed E-state index contributed by atoms with van der Waals surface area (Å²) in [5.74, 6) is -0.943. The van der Waals surface area contributed by atoms with Crippen LogP contribution in [0.25, 0.3) is 22.2 Å². The van der Waals surface area contributed by atoms with Gasteiger partial charge in [-0.15, -0.1) is 0 Å². The Morgan fingerprint density at radius 1 is 0.912 bits per heavy atom. The minimum atomic E-state index is -0.783. The standard InChI is InChI=1S/C28H25ClN2O3/c29-24-13-10-19(11-14-24)18-30-28(34)22-12-15-25-23(17-22)16-21(8-4-5-9-26(32)33)27(31-25)20-6-2-1-3-7-20/h1-3,6-7,10-17H,4-5,8-9,18H2,(H,30,34)(H,32,33). The Kier molecular flexibility index (Phi) is 7.55. The molecule has 0 saturated heterocycles. The average molecular weight is 473 g/mol. The maximum atomic E-state index is 12.8. The van der Waals surface area contributed by atoms with Gasteiger partial charge in [0, 0.05) is 34.5 Å². The predicted octanol–water partition coefficient (Wildman–Crippen LogP) is 6.28. The molecule has 5 nitrogen and oxygen atoms in total. The highest BCUT2D eigenvalue weighted by Gasteiger charge is 2.12. The third-order valence-corrected chi connectivity index (χ3v) is 5.91. The van der Waals surface area contributed by atoms with Crippen LogP contribution in [-0.4, -0.2) is 22.0 Å². The summed E-state index contributed by atoms with van der Waals surface area (Å²) in [5, 5.41) is 13.4.